The van der Waals surface area contributed by atoms with Gasteiger partial charge in [-0.25, -0.2) is 0 Å². The summed E-state index contributed by atoms with van der Waals surface area (Å²) in [6.07, 6.45) is 2.26. The Balaban J connectivity index is 1.42. The Morgan fingerprint density at radius 2 is 2.21 bits per heavy atom. The van der Waals surface area contributed by atoms with Crippen LogP contribution in [0, 0.1) is 6.92 Å². The molecule has 1 aromatic heterocycles. The van der Waals surface area contributed by atoms with Gasteiger partial charge in [0.15, 0.2) is 17.3 Å². The Kier molecular flexibility index (Phi) is 3.84. The fraction of sp³-hybridized carbons (Fsp3) is 0.471. The number of nitrogens with zero attached hydrogens (tertiary/aromatic N) is 3. The van der Waals surface area contributed by atoms with Crippen molar-refractivity contribution < 1.29 is 18.8 Å². The lowest BCUT2D eigenvalue weighted by atomic mass is 9.97. The second-order valence-corrected chi connectivity index (χ2v) is 6.22. The summed E-state index contributed by atoms with van der Waals surface area (Å²) in [5, 5.41) is 3.85. The second-order valence-electron chi connectivity index (χ2n) is 6.22. The summed E-state index contributed by atoms with van der Waals surface area (Å²) < 4.78 is 15.9. The summed E-state index contributed by atoms with van der Waals surface area (Å²) in [4.78, 5) is 18.8. The van der Waals surface area contributed by atoms with Crippen LogP contribution in [0.4, 0.5) is 0 Å². The van der Waals surface area contributed by atoms with Gasteiger partial charge in [-0.2, -0.15) is 4.98 Å². The van der Waals surface area contributed by atoms with E-state index in [0.717, 1.165) is 30.7 Å². The van der Waals surface area contributed by atoms with Gasteiger partial charge in [-0.3, -0.25) is 4.79 Å². The normalized spacial score (nSPS) is 19.5. The van der Waals surface area contributed by atoms with Gasteiger partial charge in [0.05, 0.1) is 12.3 Å². The Labute approximate surface area is 139 Å². The van der Waals surface area contributed by atoms with Crippen molar-refractivity contribution in [1.82, 2.24) is 15.0 Å². The van der Waals surface area contributed by atoms with Crippen LogP contribution in [0.15, 0.2) is 22.7 Å². The molecule has 1 atom stereocenters. The van der Waals surface area contributed by atoms with Gasteiger partial charge in [-0.05, 0) is 37.5 Å². The van der Waals surface area contributed by atoms with E-state index in [1.165, 1.54) is 0 Å². The van der Waals surface area contributed by atoms with Crippen molar-refractivity contribution in [2.45, 2.75) is 32.1 Å². The lowest BCUT2D eigenvalue weighted by Gasteiger charge is -2.31. The predicted octanol–water partition coefficient (Wildman–Crippen LogP) is 2.06. The zero-order chi connectivity index (χ0) is 16.5. The minimum Gasteiger partial charge on any atom is -0.454 e. The number of fused-ring (bicyclic) bond motifs is 1. The van der Waals surface area contributed by atoms with Crippen molar-refractivity contribution in [2.75, 3.05) is 19.9 Å². The first-order chi connectivity index (χ1) is 11.7. The monoisotopic (exact) mass is 329 g/mol. The van der Waals surface area contributed by atoms with E-state index in [2.05, 4.69) is 10.1 Å². The number of amides is 1. The van der Waals surface area contributed by atoms with Crippen LogP contribution >= 0.6 is 0 Å². The fourth-order valence-electron chi connectivity index (χ4n) is 3.22. The van der Waals surface area contributed by atoms with Crippen molar-refractivity contribution in [3.05, 3.63) is 35.5 Å². The van der Waals surface area contributed by atoms with Crippen LogP contribution in [-0.2, 0) is 11.2 Å². The van der Waals surface area contributed by atoms with Gasteiger partial charge in [0, 0.05) is 13.1 Å². The van der Waals surface area contributed by atoms with Gasteiger partial charge in [0.2, 0.25) is 18.6 Å². The molecule has 24 heavy (non-hydrogen) atoms. The molecule has 0 unspecified atom stereocenters. The first-order valence-electron chi connectivity index (χ1n) is 8.15. The average molecular weight is 329 g/mol. The average Bonchev–Trinajstić information content (AvgIpc) is 3.23. The molecule has 0 saturated carbocycles. The standard InChI is InChI=1S/C17H19N3O4/c1-11-18-17(24-19-11)13-3-2-6-20(9-13)16(21)8-12-4-5-14-15(7-12)23-10-22-14/h4-5,7,13H,2-3,6,8-10H2,1H3/t13-/m1/s1. The molecular formula is C17H19N3O4. The molecule has 1 fully saturated rings. The molecule has 2 aromatic rings. The Bertz CT molecular complexity index is 758. The van der Waals surface area contributed by atoms with Crippen molar-refractivity contribution in [3.8, 4) is 11.5 Å². The maximum atomic E-state index is 12.6. The Morgan fingerprint density at radius 3 is 3.04 bits per heavy atom. The van der Waals surface area contributed by atoms with Gasteiger partial charge >= 0.3 is 0 Å². The molecule has 1 aromatic carbocycles. The number of carbonyl (C=O) groups is 1. The van der Waals surface area contributed by atoms with Gasteiger partial charge in [-0.15, -0.1) is 0 Å². The van der Waals surface area contributed by atoms with Crippen LogP contribution in [-0.4, -0.2) is 40.8 Å². The zero-order valence-electron chi connectivity index (χ0n) is 13.5. The molecule has 7 heteroatoms. The van der Waals surface area contributed by atoms with E-state index >= 15 is 0 Å². The SMILES string of the molecule is Cc1noc([C@@H]2CCCN(C(=O)Cc3ccc4c(c3)OCO4)C2)n1. The molecule has 1 amide bonds. The number of aromatic nitrogens is 2. The maximum Gasteiger partial charge on any atom is 0.231 e. The van der Waals surface area contributed by atoms with Crippen LogP contribution in [0.25, 0.3) is 0 Å². The maximum absolute atomic E-state index is 12.6. The quantitative estimate of drug-likeness (QED) is 0.858. The number of hydrogen-bond acceptors (Lipinski definition) is 6. The van der Waals surface area contributed by atoms with Crippen LogP contribution in [0.2, 0.25) is 0 Å². The van der Waals surface area contributed by atoms with E-state index in [9.17, 15) is 4.79 Å². The van der Waals surface area contributed by atoms with E-state index in [1.807, 2.05) is 23.1 Å². The molecular weight excluding hydrogens is 310 g/mol. The van der Waals surface area contributed by atoms with Gasteiger partial charge in [0.25, 0.3) is 0 Å². The lowest BCUT2D eigenvalue weighted by Crippen LogP contribution is -2.40. The minimum absolute atomic E-state index is 0.106. The van der Waals surface area contributed by atoms with Crippen LogP contribution < -0.4 is 9.47 Å². The smallest absolute Gasteiger partial charge is 0.231 e. The molecule has 7 nitrogen and oxygen atoms in total. The number of aryl methyl sites for hydroxylation is 1. The molecule has 1 saturated heterocycles. The number of rotatable bonds is 3. The van der Waals surface area contributed by atoms with Crippen LogP contribution in [0.1, 0.15) is 36.0 Å². The third-order valence-electron chi connectivity index (χ3n) is 4.46. The fourth-order valence-corrected chi connectivity index (χ4v) is 3.22. The first kappa shape index (κ1) is 15.0. The number of benzene rings is 1. The molecule has 0 aliphatic carbocycles. The van der Waals surface area contributed by atoms with Gasteiger partial charge in [0.1, 0.15) is 0 Å². The molecule has 4 rings (SSSR count). The number of carbonyl (C=O) groups excluding carboxylic acids is 1. The highest BCUT2D eigenvalue weighted by atomic mass is 16.7. The lowest BCUT2D eigenvalue weighted by molar-refractivity contribution is -0.131. The van der Waals surface area contributed by atoms with Gasteiger partial charge < -0.3 is 18.9 Å². The summed E-state index contributed by atoms with van der Waals surface area (Å²) in [7, 11) is 0. The van der Waals surface area contributed by atoms with E-state index in [-0.39, 0.29) is 18.6 Å². The summed E-state index contributed by atoms with van der Waals surface area (Å²) in [5.41, 5.74) is 0.931. The zero-order valence-corrected chi connectivity index (χ0v) is 13.5. The van der Waals surface area contributed by atoms with E-state index in [0.29, 0.717) is 30.4 Å². The number of ether oxygens (including phenoxy) is 2. The highest BCUT2D eigenvalue weighted by Crippen LogP contribution is 2.33. The van der Waals surface area contributed by atoms with Crippen molar-refractivity contribution >= 4 is 5.91 Å². The molecule has 0 spiro atoms. The molecule has 2 aliphatic rings. The minimum atomic E-state index is 0.106. The first-order valence-corrected chi connectivity index (χ1v) is 8.15. The van der Waals surface area contributed by atoms with Gasteiger partial charge in [-0.1, -0.05) is 11.2 Å². The predicted molar refractivity (Wildman–Crippen MR) is 83.9 cm³/mol. The number of likely N-dealkylation sites (tertiary alicyclic amines) is 1. The molecule has 0 N–H and O–H groups in total. The van der Waals surface area contributed by atoms with Crippen molar-refractivity contribution in [2.24, 2.45) is 0 Å². The molecule has 0 radical (unpaired) electrons. The third kappa shape index (κ3) is 2.93. The topological polar surface area (TPSA) is 77.7 Å². The molecule has 2 aliphatic heterocycles. The highest BCUT2D eigenvalue weighted by molar-refractivity contribution is 5.79. The summed E-state index contributed by atoms with van der Waals surface area (Å²) >= 11 is 0. The Hall–Kier alpha value is -2.57. The molecule has 0 bridgehead atoms. The third-order valence-corrected chi connectivity index (χ3v) is 4.46. The van der Waals surface area contributed by atoms with Crippen molar-refractivity contribution in [1.29, 1.82) is 0 Å². The van der Waals surface area contributed by atoms with E-state index in [1.54, 1.807) is 6.92 Å². The van der Waals surface area contributed by atoms with E-state index in [4.69, 9.17) is 14.0 Å². The summed E-state index contributed by atoms with van der Waals surface area (Å²) in [6, 6.07) is 5.64. The van der Waals surface area contributed by atoms with Crippen LogP contribution in [0.3, 0.4) is 0 Å². The Morgan fingerprint density at radius 1 is 1.33 bits per heavy atom. The van der Waals surface area contributed by atoms with Crippen LogP contribution in [0.5, 0.6) is 11.5 Å². The second kappa shape index (κ2) is 6.14. The number of piperidine rings is 1. The molecule has 126 valence electrons. The summed E-state index contributed by atoms with van der Waals surface area (Å²) in [6.45, 7) is 3.44. The number of hydrogen-bond donors (Lipinski definition) is 0. The molecule has 3 heterocycles. The van der Waals surface area contributed by atoms with Crippen molar-refractivity contribution in [3.63, 3.8) is 0 Å². The summed E-state index contributed by atoms with van der Waals surface area (Å²) in [5.74, 6) is 2.94. The highest BCUT2D eigenvalue weighted by Gasteiger charge is 2.28. The van der Waals surface area contributed by atoms with E-state index < -0.39 is 0 Å². The largest absolute Gasteiger partial charge is 0.454 e.